The largest absolute Gasteiger partial charge is 0.302 e. The Morgan fingerprint density at radius 3 is 2.86 bits per heavy atom. The summed E-state index contributed by atoms with van der Waals surface area (Å²) in [5.41, 5.74) is 0. The molecule has 3 heteroatoms. The van der Waals surface area contributed by atoms with Crippen molar-refractivity contribution < 1.29 is 0 Å². The molecule has 0 amide bonds. The average molecular weight is 195 g/mol. The predicted molar refractivity (Wildman–Crippen MR) is 58.0 cm³/mol. The first kappa shape index (κ1) is 11.5. The minimum Gasteiger partial charge on any atom is -0.302 e. The van der Waals surface area contributed by atoms with Crippen molar-refractivity contribution >= 4 is 0 Å². The molecule has 0 aromatic heterocycles. The zero-order valence-corrected chi connectivity index (χ0v) is 9.53. The van der Waals surface area contributed by atoms with Gasteiger partial charge in [-0.2, -0.15) is 5.26 Å². The van der Waals surface area contributed by atoms with E-state index in [2.05, 4.69) is 36.9 Å². The Bertz CT molecular complexity index is 209. The first-order valence-electron chi connectivity index (χ1n) is 5.42. The third-order valence-corrected chi connectivity index (χ3v) is 3.31. The average Bonchev–Trinajstić information content (AvgIpc) is 2.52. The van der Waals surface area contributed by atoms with E-state index < -0.39 is 0 Å². The molecule has 0 bridgehead atoms. The van der Waals surface area contributed by atoms with Crippen LogP contribution in [0.1, 0.15) is 26.2 Å². The molecule has 1 saturated heterocycles. The summed E-state index contributed by atoms with van der Waals surface area (Å²) in [5.74, 6) is 0. The van der Waals surface area contributed by atoms with Gasteiger partial charge in [-0.1, -0.05) is 0 Å². The molecule has 0 aliphatic carbocycles. The molecule has 1 fully saturated rings. The van der Waals surface area contributed by atoms with Gasteiger partial charge in [0.15, 0.2) is 0 Å². The molecule has 0 radical (unpaired) electrons. The first-order valence-corrected chi connectivity index (χ1v) is 5.42. The van der Waals surface area contributed by atoms with Gasteiger partial charge in [0, 0.05) is 18.6 Å². The summed E-state index contributed by atoms with van der Waals surface area (Å²) in [6.07, 6.45) is 3.26. The summed E-state index contributed by atoms with van der Waals surface area (Å²) in [6.45, 7) is 4.45. The van der Waals surface area contributed by atoms with Crippen molar-refractivity contribution in [3.05, 3.63) is 0 Å². The van der Waals surface area contributed by atoms with E-state index in [0.29, 0.717) is 18.5 Å². The molecular formula is C11H21N3. The van der Waals surface area contributed by atoms with Crippen LogP contribution in [-0.4, -0.2) is 49.1 Å². The number of nitriles is 1. The zero-order chi connectivity index (χ0) is 10.6. The molecule has 1 heterocycles. The van der Waals surface area contributed by atoms with E-state index in [1.54, 1.807) is 0 Å². The minimum atomic E-state index is 0.383. The van der Waals surface area contributed by atoms with E-state index in [-0.39, 0.29) is 0 Å². The molecule has 0 saturated carbocycles. The maximum Gasteiger partial charge on any atom is 0.0638 e. The topological polar surface area (TPSA) is 30.3 Å². The van der Waals surface area contributed by atoms with Crippen molar-refractivity contribution in [2.75, 3.05) is 27.2 Å². The predicted octanol–water partition coefficient (Wildman–Crippen LogP) is 1.31. The maximum absolute atomic E-state index is 8.61. The molecule has 0 spiro atoms. The summed E-state index contributed by atoms with van der Waals surface area (Å²) < 4.78 is 0. The summed E-state index contributed by atoms with van der Waals surface area (Å²) in [5, 5.41) is 8.61. The number of nitrogens with zero attached hydrogens (tertiary/aromatic N) is 3. The van der Waals surface area contributed by atoms with Crippen LogP contribution in [0.15, 0.2) is 0 Å². The molecule has 0 aromatic carbocycles. The molecule has 0 N–H and O–H groups in total. The van der Waals surface area contributed by atoms with Gasteiger partial charge in [-0.25, -0.2) is 0 Å². The van der Waals surface area contributed by atoms with Crippen LogP contribution >= 0.6 is 0 Å². The van der Waals surface area contributed by atoms with Gasteiger partial charge < -0.3 is 9.80 Å². The van der Waals surface area contributed by atoms with Gasteiger partial charge >= 0.3 is 0 Å². The molecule has 80 valence electrons. The summed E-state index contributed by atoms with van der Waals surface area (Å²) in [7, 11) is 4.31. The third kappa shape index (κ3) is 2.97. The van der Waals surface area contributed by atoms with E-state index in [9.17, 15) is 0 Å². The van der Waals surface area contributed by atoms with Crippen LogP contribution in [0.25, 0.3) is 0 Å². The number of hydrogen-bond donors (Lipinski definition) is 0. The zero-order valence-electron chi connectivity index (χ0n) is 9.53. The molecule has 1 aliphatic rings. The van der Waals surface area contributed by atoms with Gasteiger partial charge in [-0.05, 0) is 40.4 Å². The lowest BCUT2D eigenvalue weighted by Crippen LogP contribution is -2.40. The molecule has 1 aliphatic heterocycles. The van der Waals surface area contributed by atoms with E-state index in [0.717, 1.165) is 6.54 Å². The van der Waals surface area contributed by atoms with Crippen molar-refractivity contribution in [2.45, 2.75) is 38.3 Å². The fraction of sp³-hybridized carbons (Fsp3) is 0.909. The lowest BCUT2D eigenvalue weighted by atomic mass is 10.1. The second-order valence-electron chi connectivity index (χ2n) is 4.43. The van der Waals surface area contributed by atoms with Crippen molar-refractivity contribution in [1.29, 1.82) is 5.26 Å². The fourth-order valence-corrected chi connectivity index (χ4v) is 2.01. The van der Waals surface area contributed by atoms with Gasteiger partial charge in [0.25, 0.3) is 0 Å². The number of likely N-dealkylation sites (N-methyl/N-ethyl adjacent to an activating group) is 2. The lowest BCUT2D eigenvalue weighted by molar-refractivity contribution is 0.186. The Morgan fingerprint density at radius 1 is 1.64 bits per heavy atom. The highest BCUT2D eigenvalue weighted by Gasteiger charge is 2.23. The van der Waals surface area contributed by atoms with Crippen molar-refractivity contribution in [1.82, 2.24) is 9.80 Å². The van der Waals surface area contributed by atoms with E-state index >= 15 is 0 Å². The maximum atomic E-state index is 8.61. The highest BCUT2D eigenvalue weighted by Crippen LogP contribution is 2.16. The first-order chi connectivity index (χ1) is 6.65. The van der Waals surface area contributed by atoms with Gasteiger partial charge in [0.05, 0.1) is 12.5 Å². The molecule has 1 rings (SSSR count). The van der Waals surface area contributed by atoms with Crippen molar-refractivity contribution in [2.24, 2.45) is 0 Å². The van der Waals surface area contributed by atoms with E-state index in [4.69, 9.17) is 5.26 Å². The molecule has 2 atom stereocenters. The Labute approximate surface area is 87.3 Å². The smallest absolute Gasteiger partial charge is 0.0638 e. The second-order valence-corrected chi connectivity index (χ2v) is 4.43. The highest BCUT2D eigenvalue weighted by atomic mass is 15.2. The van der Waals surface area contributed by atoms with E-state index in [1.807, 2.05) is 0 Å². The van der Waals surface area contributed by atoms with Gasteiger partial charge in [-0.3, -0.25) is 0 Å². The van der Waals surface area contributed by atoms with Crippen LogP contribution < -0.4 is 0 Å². The van der Waals surface area contributed by atoms with Crippen LogP contribution in [0.5, 0.6) is 0 Å². The summed E-state index contributed by atoms with van der Waals surface area (Å²) >= 11 is 0. The molecule has 0 aromatic rings. The fourth-order valence-electron chi connectivity index (χ4n) is 2.01. The third-order valence-electron chi connectivity index (χ3n) is 3.31. The van der Waals surface area contributed by atoms with Gasteiger partial charge in [-0.15, -0.1) is 0 Å². The van der Waals surface area contributed by atoms with Gasteiger partial charge in [0.2, 0.25) is 0 Å². The second kappa shape index (κ2) is 5.33. The van der Waals surface area contributed by atoms with Crippen molar-refractivity contribution in [3.8, 4) is 6.07 Å². The summed E-state index contributed by atoms with van der Waals surface area (Å²) in [6, 6.07) is 3.31. The molecule has 2 unspecified atom stereocenters. The molecular weight excluding hydrogens is 174 g/mol. The minimum absolute atomic E-state index is 0.383. The lowest BCUT2D eigenvalue weighted by Gasteiger charge is -2.29. The van der Waals surface area contributed by atoms with Crippen LogP contribution in [0.3, 0.4) is 0 Å². The number of hydrogen-bond acceptors (Lipinski definition) is 3. The molecule has 3 nitrogen and oxygen atoms in total. The Balaban J connectivity index is 2.32. The van der Waals surface area contributed by atoms with Crippen LogP contribution in [0, 0.1) is 11.3 Å². The number of likely N-dealkylation sites (tertiary alicyclic amines) is 1. The Morgan fingerprint density at radius 2 is 2.36 bits per heavy atom. The summed E-state index contributed by atoms with van der Waals surface area (Å²) in [4.78, 5) is 4.73. The monoisotopic (exact) mass is 195 g/mol. The Kier molecular flexibility index (Phi) is 4.37. The normalized spacial score (nSPS) is 25.2. The molecule has 14 heavy (non-hydrogen) atoms. The quantitative estimate of drug-likeness (QED) is 0.677. The van der Waals surface area contributed by atoms with Crippen molar-refractivity contribution in [3.63, 3.8) is 0 Å². The standard InChI is InChI=1S/C11H21N3/c1-10(6-7-12)14(3)9-11-5-4-8-13(11)2/h10-11H,4-6,8-9H2,1-3H3. The van der Waals surface area contributed by atoms with E-state index in [1.165, 1.54) is 19.4 Å². The van der Waals surface area contributed by atoms with Gasteiger partial charge in [0.1, 0.15) is 0 Å². The van der Waals surface area contributed by atoms with Crippen LogP contribution in [0.4, 0.5) is 0 Å². The van der Waals surface area contributed by atoms with Crippen LogP contribution in [0.2, 0.25) is 0 Å². The highest BCUT2D eigenvalue weighted by molar-refractivity contribution is 4.83. The SMILES string of the molecule is CC(CC#N)N(C)CC1CCCN1C. The Hall–Kier alpha value is -0.590. The van der Waals surface area contributed by atoms with Crippen LogP contribution in [-0.2, 0) is 0 Å². The number of rotatable bonds is 4.